The Morgan fingerprint density at radius 2 is 2.28 bits per heavy atom. The monoisotopic (exact) mass is 266 g/mol. The van der Waals surface area contributed by atoms with E-state index in [4.69, 9.17) is 0 Å². The van der Waals surface area contributed by atoms with E-state index in [1.165, 1.54) is 4.88 Å². The van der Waals surface area contributed by atoms with Crippen LogP contribution in [0.1, 0.15) is 31.1 Å². The SMILES string of the molecule is CCC1(C(=O)NCCc2cccs2)CCNCC1. The Labute approximate surface area is 113 Å². The molecule has 2 N–H and O–H groups in total. The highest BCUT2D eigenvalue weighted by molar-refractivity contribution is 7.09. The summed E-state index contributed by atoms with van der Waals surface area (Å²) in [5.74, 6) is 0.253. The fourth-order valence-electron chi connectivity index (χ4n) is 2.59. The summed E-state index contributed by atoms with van der Waals surface area (Å²) in [5, 5.41) is 8.53. The number of carbonyl (C=O) groups is 1. The first-order chi connectivity index (χ1) is 8.77. The Morgan fingerprint density at radius 1 is 1.50 bits per heavy atom. The molecule has 18 heavy (non-hydrogen) atoms. The lowest BCUT2D eigenvalue weighted by molar-refractivity contribution is -0.132. The van der Waals surface area contributed by atoms with Crippen molar-refractivity contribution in [1.29, 1.82) is 0 Å². The van der Waals surface area contributed by atoms with Crippen molar-refractivity contribution in [2.24, 2.45) is 5.41 Å². The molecule has 3 nitrogen and oxygen atoms in total. The summed E-state index contributed by atoms with van der Waals surface area (Å²) in [6, 6.07) is 4.18. The van der Waals surface area contributed by atoms with Gasteiger partial charge in [0.1, 0.15) is 0 Å². The van der Waals surface area contributed by atoms with E-state index in [-0.39, 0.29) is 11.3 Å². The van der Waals surface area contributed by atoms with Gasteiger partial charge in [0.15, 0.2) is 0 Å². The third-order valence-corrected chi connectivity index (χ3v) is 4.89. The van der Waals surface area contributed by atoms with Crippen LogP contribution in [0.4, 0.5) is 0 Å². The molecular formula is C14H22N2OS. The third kappa shape index (κ3) is 3.12. The molecule has 0 bridgehead atoms. The highest BCUT2D eigenvalue weighted by Crippen LogP contribution is 2.32. The van der Waals surface area contributed by atoms with E-state index in [2.05, 4.69) is 35.1 Å². The van der Waals surface area contributed by atoms with Crippen LogP contribution in [-0.2, 0) is 11.2 Å². The Hall–Kier alpha value is -0.870. The summed E-state index contributed by atoms with van der Waals surface area (Å²) in [6.07, 6.45) is 3.82. The predicted octanol–water partition coefficient (Wildman–Crippen LogP) is 2.19. The Morgan fingerprint density at radius 3 is 2.89 bits per heavy atom. The van der Waals surface area contributed by atoms with Crippen LogP contribution in [0.5, 0.6) is 0 Å². The Kier molecular flexibility index (Phi) is 4.78. The van der Waals surface area contributed by atoms with Gasteiger partial charge in [0, 0.05) is 11.4 Å². The van der Waals surface area contributed by atoms with Gasteiger partial charge < -0.3 is 10.6 Å². The summed E-state index contributed by atoms with van der Waals surface area (Å²) in [6.45, 7) is 4.82. The van der Waals surface area contributed by atoms with Gasteiger partial charge in [0.2, 0.25) is 5.91 Å². The molecule has 0 spiro atoms. The zero-order chi connectivity index (χ0) is 12.8. The van der Waals surface area contributed by atoms with Crippen LogP contribution >= 0.6 is 11.3 Å². The zero-order valence-electron chi connectivity index (χ0n) is 11.0. The fraction of sp³-hybridized carbons (Fsp3) is 0.643. The van der Waals surface area contributed by atoms with Crippen molar-refractivity contribution >= 4 is 17.2 Å². The lowest BCUT2D eigenvalue weighted by Crippen LogP contribution is -2.47. The van der Waals surface area contributed by atoms with Crippen LogP contribution < -0.4 is 10.6 Å². The highest BCUT2D eigenvalue weighted by Gasteiger charge is 2.37. The summed E-state index contributed by atoms with van der Waals surface area (Å²) < 4.78 is 0. The second kappa shape index (κ2) is 6.34. The number of amides is 1. The molecule has 0 atom stereocenters. The molecule has 1 aromatic heterocycles. The smallest absolute Gasteiger partial charge is 0.226 e. The van der Waals surface area contributed by atoms with Gasteiger partial charge in [-0.2, -0.15) is 0 Å². The van der Waals surface area contributed by atoms with Gasteiger partial charge in [-0.3, -0.25) is 4.79 Å². The first kappa shape index (κ1) is 13.6. The van der Waals surface area contributed by atoms with Crippen LogP contribution in [0, 0.1) is 5.41 Å². The van der Waals surface area contributed by atoms with Crippen LogP contribution in [0.3, 0.4) is 0 Å². The van der Waals surface area contributed by atoms with Crippen molar-refractivity contribution in [3.8, 4) is 0 Å². The van der Waals surface area contributed by atoms with Gasteiger partial charge in [0.05, 0.1) is 5.41 Å². The minimum atomic E-state index is -0.124. The van der Waals surface area contributed by atoms with E-state index < -0.39 is 0 Å². The maximum atomic E-state index is 12.3. The number of thiophene rings is 1. The van der Waals surface area contributed by atoms with Crippen molar-refractivity contribution in [1.82, 2.24) is 10.6 Å². The molecule has 0 radical (unpaired) electrons. The number of nitrogens with one attached hydrogen (secondary N) is 2. The lowest BCUT2D eigenvalue weighted by Gasteiger charge is -2.35. The predicted molar refractivity (Wildman–Crippen MR) is 75.9 cm³/mol. The van der Waals surface area contributed by atoms with E-state index >= 15 is 0 Å². The molecule has 0 aromatic carbocycles. The molecule has 1 aliphatic rings. The standard InChI is InChI=1S/C14H22N2OS/c1-2-14(6-9-15-10-7-14)13(17)16-8-5-12-4-3-11-18-12/h3-4,11,15H,2,5-10H2,1H3,(H,16,17). The molecule has 0 unspecified atom stereocenters. The zero-order valence-corrected chi connectivity index (χ0v) is 11.8. The molecule has 1 amide bonds. The normalized spacial score (nSPS) is 18.5. The van der Waals surface area contributed by atoms with Gasteiger partial charge in [0.25, 0.3) is 0 Å². The summed E-state index contributed by atoms with van der Waals surface area (Å²) >= 11 is 1.75. The second-order valence-corrected chi connectivity index (χ2v) is 6.00. The molecule has 0 aliphatic carbocycles. The molecule has 2 heterocycles. The topological polar surface area (TPSA) is 41.1 Å². The molecule has 0 saturated carbocycles. The van der Waals surface area contributed by atoms with E-state index in [1.54, 1.807) is 11.3 Å². The van der Waals surface area contributed by atoms with Gasteiger partial charge in [-0.1, -0.05) is 13.0 Å². The largest absolute Gasteiger partial charge is 0.355 e. The second-order valence-electron chi connectivity index (χ2n) is 4.97. The Balaban J connectivity index is 1.82. The molecule has 1 aliphatic heterocycles. The quantitative estimate of drug-likeness (QED) is 0.858. The number of hydrogen-bond acceptors (Lipinski definition) is 3. The third-order valence-electron chi connectivity index (χ3n) is 3.96. The van der Waals surface area contributed by atoms with Gasteiger partial charge in [-0.15, -0.1) is 11.3 Å². The number of hydrogen-bond donors (Lipinski definition) is 2. The average molecular weight is 266 g/mol. The number of carbonyl (C=O) groups excluding carboxylic acids is 1. The minimum Gasteiger partial charge on any atom is -0.355 e. The van der Waals surface area contributed by atoms with Crippen molar-refractivity contribution in [3.63, 3.8) is 0 Å². The number of rotatable bonds is 5. The van der Waals surface area contributed by atoms with E-state index in [0.717, 1.165) is 45.3 Å². The minimum absolute atomic E-state index is 0.124. The molecule has 100 valence electrons. The first-order valence-electron chi connectivity index (χ1n) is 6.78. The summed E-state index contributed by atoms with van der Waals surface area (Å²) in [4.78, 5) is 13.7. The van der Waals surface area contributed by atoms with Crippen LogP contribution in [0.25, 0.3) is 0 Å². The van der Waals surface area contributed by atoms with Gasteiger partial charge in [-0.25, -0.2) is 0 Å². The van der Waals surface area contributed by atoms with Crippen molar-refractivity contribution < 1.29 is 4.79 Å². The van der Waals surface area contributed by atoms with Crippen molar-refractivity contribution in [3.05, 3.63) is 22.4 Å². The molecule has 1 fully saturated rings. The Bertz CT molecular complexity index is 369. The van der Waals surface area contributed by atoms with E-state index in [0.29, 0.717) is 0 Å². The molecule has 4 heteroatoms. The molecule has 1 saturated heterocycles. The number of piperidine rings is 1. The fourth-order valence-corrected chi connectivity index (χ4v) is 3.30. The molecule has 1 aromatic rings. The van der Waals surface area contributed by atoms with Crippen LogP contribution in [0.2, 0.25) is 0 Å². The van der Waals surface area contributed by atoms with Crippen molar-refractivity contribution in [2.75, 3.05) is 19.6 Å². The van der Waals surface area contributed by atoms with Gasteiger partial charge >= 0.3 is 0 Å². The van der Waals surface area contributed by atoms with Crippen LogP contribution in [-0.4, -0.2) is 25.5 Å². The maximum absolute atomic E-state index is 12.3. The van der Waals surface area contributed by atoms with Crippen LogP contribution in [0.15, 0.2) is 17.5 Å². The average Bonchev–Trinajstić information content (AvgIpc) is 2.92. The maximum Gasteiger partial charge on any atom is 0.226 e. The molecule has 2 rings (SSSR count). The summed E-state index contributed by atoms with van der Waals surface area (Å²) in [7, 11) is 0. The first-order valence-corrected chi connectivity index (χ1v) is 7.66. The van der Waals surface area contributed by atoms with E-state index in [9.17, 15) is 4.79 Å². The summed E-state index contributed by atoms with van der Waals surface area (Å²) in [5.41, 5.74) is -0.124. The molecular weight excluding hydrogens is 244 g/mol. The van der Waals surface area contributed by atoms with E-state index in [1.807, 2.05) is 0 Å². The van der Waals surface area contributed by atoms with Crippen molar-refractivity contribution in [2.45, 2.75) is 32.6 Å². The highest BCUT2D eigenvalue weighted by atomic mass is 32.1. The lowest BCUT2D eigenvalue weighted by atomic mass is 9.76. The van der Waals surface area contributed by atoms with Gasteiger partial charge in [-0.05, 0) is 50.2 Å².